The Labute approximate surface area is 137 Å². The fourth-order valence-electron chi connectivity index (χ4n) is 2.58. The summed E-state index contributed by atoms with van der Waals surface area (Å²) < 4.78 is 27.8. The third kappa shape index (κ3) is 5.14. The number of sulfonamides is 1. The number of rotatable bonds is 8. The van der Waals surface area contributed by atoms with E-state index >= 15 is 0 Å². The lowest BCUT2D eigenvalue weighted by molar-refractivity contribution is 0.528. The maximum atomic E-state index is 12.5. The van der Waals surface area contributed by atoms with Crippen molar-refractivity contribution in [2.75, 3.05) is 5.75 Å². The molecule has 0 amide bonds. The van der Waals surface area contributed by atoms with Crippen LogP contribution in [0.1, 0.15) is 49.9 Å². The summed E-state index contributed by atoms with van der Waals surface area (Å²) in [7, 11) is -3.43. The SMILES string of the molecule is CCC[C@@H](C)CS(=O)(=O)N[C@H](c1ccccc1)c1n[nH]c(C)n1. The van der Waals surface area contributed by atoms with Gasteiger partial charge >= 0.3 is 0 Å². The predicted molar refractivity (Wildman–Crippen MR) is 90.4 cm³/mol. The average molecular weight is 336 g/mol. The zero-order chi connectivity index (χ0) is 16.9. The number of nitrogens with zero attached hydrogens (tertiary/aromatic N) is 2. The summed E-state index contributed by atoms with van der Waals surface area (Å²) in [4.78, 5) is 4.29. The third-order valence-corrected chi connectivity index (χ3v) is 5.19. The number of benzene rings is 1. The molecular formula is C16H24N4O2S. The predicted octanol–water partition coefficient (Wildman–Crippen LogP) is 2.56. The normalized spacial score (nSPS) is 14.6. The van der Waals surface area contributed by atoms with E-state index < -0.39 is 16.1 Å². The van der Waals surface area contributed by atoms with Crippen LogP contribution >= 0.6 is 0 Å². The lowest BCUT2D eigenvalue weighted by Gasteiger charge is -2.18. The van der Waals surface area contributed by atoms with Gasteiger partial charge in [-0.05, 0) is 24.8 Å². The van der Waals surface area contributed by atoms with Crippen LogP contribution in [-0.4, -0.2) is 29.4 Å². The number of aryl methyl sites for hydroxylation is 1. The Morgan fingerprint density at radius 3 is 2.52 bits per heavy atom. The summed E-state index contributed by atoms with van der Waals surface area (Å²) in [6, 6.07) is 8.79. The Bertz CT molecular complexity index is 713. The molecule has 0 saturated heterocycles. The molecule has 7 heteroatoms. The Morgan fingerprint density at radius 1 is 1.26 bits per heavy atom. The van der Waals surface area contributed by atoms with Gasteiger partial charge in [0.25, 0.3) is 0 Å². The minimum atomic E-state index is -3.43. The summed E-state index contributed by atoms with van der Waals surface area (Å²) in [6.45, 7) is 5.80. The molecule has 23 heavy (non-hydrogen) atoms. The molecule has 0 fully saturated rings. The standard InChI is InChI=1S/C16H24N4O2S/c1-4-8-12(2)11-23(21,22)20-15(14-9-6-5-7-10-14)16-17-13(3)18-19-16/h5-7,9-10,12,15,20H,4,8,11H2,1-3H3,(H,17,18,19)/t12-,15-/m1/s1. The van der Waals surface area contributed by atoms with E-state index in [0.717, 1.165) is 18.4 Å². The van der Waals surface area contributed by atoms with Gasteiger partial charge in [0.05, 0.1) is 5.75 Å². The molecule has 2 aromatic rings. The minimum absolute atomic E-state index is 0.105. The van der Waals surface area contributed by atoms with E-state index in [2.05, 4.69) is 26.8 Å². The molecule has 2 atom stereocenters. The fourth-order valence-corrected chi connectivity index (χ4v) is 4.20. The number of aromatic amines is 1. The molecule has 0 aliphatic carbocycles. The summed E-state index contributed by atoms with van der Waals surface area (Å²) in [5.74, 6) is 1.30. The van der Waals surface area contributed by atoms with Gasteiger partial charge in [-0.1, -0.05) is 50.6 Å². The van der Waals surface area contributed by atoms with Crippen molar-refractivity contribution in [2.45, 2.75) is 39.7 Å². The van der Waals surface area contributed by atoms with Crippen molar-refractivity contribution in [3.05, 3.63) is 47.5 Å². The van der Waals surface area contributed by atoms with Crippen molar-refractivity contribution in [2.24, 2.45) is 5.92 Å². The number of aromatic nitrogens is 3. The number of H-pyrrole nitrogens is 1. The largest absolute Gasteiger partial charge is 0.263 e. The van der Waals surface area contributed by atoms with Crippen LogP contribution in [-0.2, 0) is 10.0 Å². The summed E-state index contributed by atoms with van der Waals surface area (Å²) in [5.41, 5.74) is 0.818. The molecule has 0 radical (unpaired) electrons. The molecule has 6 nitrogen and oxygen atoms in total. The van der Waals surface area contributed by atoms with Gasteiger partial charge in [-0.15, -0.1) is 0 Å². The molecule has 0 unspecified atom stereocenters. The summed E-state index contributed by atoms with van der Waals surface area (Å²) in [5, 5.41) is 6.90. The average Bonchev–Trinajstić information content (AvgIpc) is 2.92. The molecule has 1 heterocycles. The summed E-state index contributed by atoms with van der Waals surface area (Å²) >= 11 is 0. The zero-order valence-electron chi connectivity index (χ0n) is 13.8. The zero-order valence-corrected chi connectivity index (χ0v) is 14.6. The molecule has 1 aromatic carbocycles. The van der Waals surface area contributed by atoms with Gasteiger partial charge in [0.15, 0.2) is 5.82 Å². The van der Waals surface area contributed by atoms with Crippen molar-refractivity contribution < 1.29 is 8.42 Å². The van der Waals surface area contributed by atoms with Gasteiger partial charge < -0.3 is 0 Å². The van der Waals surface area contributed by atoms with Crippen LogP contribution in [0, 0.1) is 12.8 Å². The third-order valence-electron chi connectivity index (χ3n) is 3.59. The minimum Gasteiger partial charge on any atom is -0.263 e. The lowest BCUT2D eigenvalue weighted by atomic mass is 10.1. The van der Waals surface area contributed by atoms with E-state index in [0.29, 0.717) is 11.6 Å². The highest BCUT2D eigenvalue weighted by Gasteiger charge is 2.25. The van der Waals surface area contributed by atoms with Crippen LogP contribution in [0.15, 0.2) is 30.3 Å². The maximum Gasteiger partial charge on any atom is 0.212 e. The van der Waals surface area contributed by atoms with Crippen LogP contribution in [0.2, 0.25) is 0 Å². The monoisotopic (exact) mass is 336 g/mol. The molecule has 1 aromatic heterocycles. The molecule has 2 N–H and O–H groups in total. The first kappa shape index (κ1) is 17.6. The van der Waals surface area contributed by atoms with E-state index in [-0.39, 0.29) is 11.7 Å². The number of hydrogen-bond donors (Lipinski definition) is 2. The van der Waals surface area contributed by atoms with E-state index in [1.165, 1.54) is 0 Å². The van der Waals surface area contributed by atoms with Crippen LogP contribution in [0.25, 0.3) is 0 Å². The molecular weight excluding hydrogens is 312 g/mol. The highest BCUT2D eigenvalue weighted by atomic mass is 32.2. The molecule has 2 rings (SSSR count). The van der Waals surface area contributed by atoms with E-state index in [1.807, 2.05) is 37.3 Å². The topological polar surface area (TPSA) is 87.7 Å². The highest BCUT2D eigenvalue weighted by Crippen LogP contribution is 2.21. The Balaban J connectivity index is 2.25. The van der Waals surface area contributed by atoms with Crippen LogP contribution in [0.3, 0.4) is 0 Å². The maximum absolute atomic E-state index is 12.5. The molecule has 0 bridgehead atoms. The second-order valence-electron chi connectivity index (χ2n) is 5.92. The first-order valence-corrected chi connectivity index (χ1v) is 9.50. The van der Waals surface area contributed by atoms with Crippen molar-refractivity contribution >= 4 is 10.0 Å². The van der Waals surface area contributed by atoms with E-state index in [1.54, 1.807) is 6.92 Å². The molecule has 0 spiro atoms. The first-order chi connectivity index (χ1) is 10.9. The van der Waals surface area contributed by atoms with Crippen molar-refractivity contribution in [1.29, 1.82) is 0 Å². The molecule has 0 aliphatic heterocycles. The molecule has 126 valence electrons. The van der Waals surface area contributed by atoms with Crippen LogP contribution in [0.4, 0.5) is 0 Å². The van der Waals surface area contributed by atoms with Gasteiger partial charge in [-0.3, -0.25) is 5.10 Å². The van der Waals surface area contributed by atoms with E-state index in [9.17, 15) is 8.42 Å². The quantitative estimate of drug-likeness (QED) is 0.775. The molecule has 0 saturated carbocycles. The Morgan fingerprint density at radius 2 is 1.96 bits per heavy atom. The van der Waals surface area contributed by atoms with Gasteiger partial charge in [0, 0.05) is 0 Å². The Kier molecular flexibility index (Phi) is 5.90. The smallest absolute Gasteiger partial charge is 0.212 e. The second kappa shape index (κ2) is 7.70. The fraction of sp³-hybridized carbons (Fsp3) is 0.500. The first-order valence-electron chi connectivity index (χ1n) is 7.85. The van der Waals surface area contributed by atoms with Crippen LogP contribution in [0.5, 0.6) is 0 Å². The Hall–Kier alpha value is -1.73. The van der Waals surface area contributed by atoms with Gasteiger partial charge in [0.1, 0.15) is 11.9 Å². The van der Waals surface area contributed by atoms with Gasteiger partial charge in [0.2, 0.25) is 10.0 Å². The highest BCUT2D eigenvalue weighted by molar-refractivity contribution is 7.89. The lowest BCUT2D eigenvalue weighted by Crippen LogP contribution is -2.34. The van der Waals surface area contributed by atoms with Crippen LogP contribution < -0.4 is 4.72 Å². The van der Waals surface area contributed by atoms with Crippen molar-refractivity contribution in [1.82, 2.24) is 19.9 Å². The van der Waals surface area contributed by atoms with Gasteiger partial charge in [-0.25, -0.2) is 13.4 Å². The molecule has 0 aliphatic rings. The van der Waals surface area contributed by atoms with E-state index in [4.69, 9.17) is 0 Å². The second-order valence-corrected chi connectivity index (χ2v) is 7.71. The van der Waals surface area contributed by atoms with Crippen molar-refractivity contribution in [3.63, 3.8) is 0 Å². The number of hydrogen-bond acceptors (Lipinski definition) is 4. The van der Waals surface area contributed by atoms with Crippen molar-refractivity contribution in [3.8, 4) is 0 Å². The summed E-state index contributed by atoms with van der Waals surface area (Å²) in [6.07, 6.45) is 1.86. The number of nitrogens with one attached hydrogen (secondary N) is 2. The van der Waals surface area contributed by atoms with Gasteiger partial charge in [-0.2, -0.15) is 9.82 Å².